The summed E-state index contributed by atoms with van der Waals surface area (Å²) in [5, 5.41) is 3.21. The van der Waals surface area contributed by atoms with Crippen molar-refractivity contribution in [1.82, 2.24) is 10.3 Å². The average molecular weight is 227 g/mol. The highest BCUT2D eigenvalue weighted by atomic mass is 19.2. The third kappa shape index (κ3) is 2.00. The second kappa shape index (κ2) is 4.74. The quantitative estimate of drug-likeness (QED) is 0.826. The van der Waals surface area contributed by atoms with E-state index < -0.39 is 11.6 Å². The maximum Gasteiger partial charge on any atom is 0.177 e. The molecule has 16 heavy (non-hydrogen) atoms. The average Bonchev–Trinajstić information content (AvgIpc) is 2.33. The van der Waals surface area contributed by atoms with Crippen LogP contribution in [0.15, 0.2) is 6.20 Å². The van der Waals surface area contributed by atoms with E-state index in [2.05, 4.69) is 10.3 Å². The standard InChI is InChI=1S/C11H15F2N3/c1-2-8-10(13)9(12)7-15-11(8)16-5-3-14-4-6-16/h7,14H,2-6H2,1H3. The molecule has 2 rings (SSSR count). The Morgan fingerprint density at radius 1 is 1.38 bits per heavy atom. The van der Waals surface area contributed by atoms with E-state index in [9.17, 15) is 8.78 Å². The molecule has 0 spiro atoms. The van der Waals surface area contributed by atoms with Gasteiger partial charge in [0.2, 0.25) is 0 Å². The maximum atomic E-state index is 13.6. The third-order valence-corrected chi connectivity index (χ3v) is 2.81. The summed E-state index contributed by atoms with van der Waals surface area (Å²) in [4.78, 5) is 6.01. The van der Waals surface area contributed by atoms with Crippen LogP contribution in [0.3, 0.4) is 0 Å². The van der Waals surface area contributed by atoms with E-state index >= 15 is 0 Å². The highest BCUT2D eigenvalue weighted by molar-refractivity contribution is 5.48. The van der Waals surface area contributed by atoms with Gasteiger partial charge in [-0.15, -0.1) is 0 Å². The smallest absolute Gasteiger partial charge is 0.177 e. The van der Waals surface area contributed by atoms with Gasteiger partial charge < -0.3 is 10.2 Å². The summed E-state index contributed by atoms with van der Waals surface area (Å²) in [7, 11) is 0. The predicted molar refractivity (Wildman–Crippen MR) is 58.6 cm³/mol. The largest absolute Gasteiger partial charge is 0.354 e. The molecule has 88 valence electrons. The lowest BCUT2D eigenvalue weighted by molar-refractivity contribution is 0.491. The fraction of sp³-hybridized carbons (Fsp3) is 0.545. The van der Waals surface area contributed by atoms with Crippen LogP contribution in [-0.2, 0) is 6.42 Å². The first-order valence-electron chi connectivity index (χ1n) is 5.52. The lowest BCUT2D eigenvalue weighted by Crippen LogP contribution is -2.44. The van der Waals surface area contributed by atoms with E-state index in [4.69, 9.17) is 0 Å². The first kappa shape index (κ1) is 11.3. The highest BCUT2D eigenvalue weighted by Gasteiger charge is 2.19. The van der Waals surface area contributed by atoms with Crippen LogP contribution >= 0.6 is 0 Å². The minimum absolute atomic E-state index is 0.377. The van der Waals surface area contributed by atoms with Crippen LogP contribution in [0.4, 0.5) is 14.6 Å². The van der Waals surface area contributed by atoms with Crippen molar-refractivity contribution in [2.45, 2.75) is 13.3 Å². The van der Waals surface area contributed by atoms with Crippen LogP contribution in [0, 0.1) is 11.6 Å². The highest BCUT2D eigenvalue weighted by Crippen LogP contribution is 2.23. The van der Waals surface area contributed by atoms with E-state index in [1.807, 2.05) is 11.8 Å². The van der Waals surface area contributed by atoms with Gasteiger partial charge in [0.25, 0.3) is 0 Å². The molecule has 5 heteroatoms. The molecule has 0 radical (unpaired) electrons. The molecular formula is C11H15F2N3. The van der Waals surface area contributed by atoms with E-state index in [1.165, 1.54) is 0 Å². The van der Waals surface area contributed by atoms with Crippen molar-refractivity contribution < 1.29 is 8.78 Å². The minimum atomic E-state index is -0.865. The van der Waals surface area contributed by atoms with Crippen LogP contribution in [-0.4, -0.2) is 31.2 Å². The summed E-state index contributed by atoms with van der Waals surface area (Å²) in [5.74, 6) is -1.04. The van der Waals surface area contributed by atoms with Gasteiger partial charge in [-0.3, -0.25) is 0 Å². The van der Waals surface area contributed by atoms with Crippen molar-refractivity contribution in [3.63, 3.8) is 0 Å². The zero-order valence-electron chi connectivity index (χ0n) is 9.26. The molecule has 0 unspecified atom stereocenters. The lowest BCUT2D eigenvalue weighted by atomic mass is 10.1. The molecule has 0 amide bonds. The fourth-order valence-corrected chi connectivity index (χ4v) is 1.96. The molecule has 0 atom stereocenters. The summed E-state index contributed by atoms with van der Waals surface area (Å²) >= 11 is 0. The molecule has 1 N–H and O–H groups in total. The number of hydrogen-bond donors (Lipinski definition) is 1. The van der Waals surface area contributed by atoms with Crippen LogP contribution in [0.25, 0.3) is 0 Å². The molecule has 1 fully saturated rings. The molecule has 0 aromatic carbocycles. The van der Waals surface area contributed by atoms with Crippen molar-refractivity contribution in [3.05, 3.63) is 23.4 Å². The third-order valence-electron chi connectivity index (χ3n) is 2.81. The first-order chi connectivity index (χ1) is 7.74. The number of pyridine rings is 1. The SMILES string of the molecule is CCc1c(N2CCNCC2)ncc(F)c1F. The van der Waals surface area contributed by atoms with E-state index in [-0.39, 0.29) is 0 Å². The lowest BCUT2D eigenvalue weighted by Gasteiger charge is -2.30. The van der Waals surface area contributed by atoms with Gasteiger partial charge in [0.05, 0.1) is 6.20 Å². The summed E-state index contributed by atoms with van der Waals surface area (Å²) in [6, 6.07) is 0. The Bertz CT molecular complexity index is 376. The molecule has 3 nitrogen and oxygen atoms in total. The zero-order chi connectivity index (χ0) is 11.5. The van der Waals surface area contributed by atoms with Crippen molar-refractivity contribution in [1.29, 1.82) is 0 Å². The molecule has 0 saturated carbocycles. The van der Waals surface area contributed by atoms with Crippen molar-refractivity contribution in [2.75, 3.05) is 31.1 Å². The fourth-order valence-electron chi connectivity index (χ4n) is 1.96. The number of anilines is 1. The number of rotatable bonds is 2. The Hall–Kier alpha value is -1.23. The summed E-state index contributed by atoms with van der Waals surface area (Å²) in [5.41, 5.74) is 0.377. The number of nitrogens with one attached hydrogen (secondary N) is 1. The maximum absolute atomic E-state index is 13.6. The van der Waals surface area contributed by atoms with Gasteiger partial charge in [-0.1, -0.05) is 6.92 Å². The van der Waals surface area contributed by atoms with Gasteiger partial charge in [0.1, 0.15) is 5.82 Å². The zero-order valence-corrected chi connectivity index (χ0v) is 9.26. The Labute approximate surface area is 93.5 Å². The molecule has 0 bridgehead atoms. The van der Waals surface area contributed by atoms with Gasteiger partial charge in [0.15, 0.2) is 11.6 Å². The topological polar surface area (TPSA) is 28.2 Å². The minimum Gasteiger partial charge on any atom is -0.354 e. The molecule has 0 aliphatic carbocycles. The molecule has 1 saturated heterocycles. The molecule has 1 aromatic rings. The number of piperazine rings is 1. The van der Waals surface area contributed by atoms with Crippen LogP contribution in [0.1, 0.15) is 12.5 Å². The summed E-state index contributed by atoms with van der Waals surface area (Å²) in [6.07, 6.45) is 1.42. The Morgan fingerprint density at radius 3 is 2.69 bits per heavy atom. The molecular weight excluding hydrogens is 212 g/mol. The van der Waals surface area contributed by atoms with Gasteiger partial charge in [0, 0.05) is 31.7 Å². The number of halogens is 2. The monoisotopic (exact) mass is 227 g/mol. The summed E-state index contributed by atoms with van der Waals surface area (Å²) < 4.78 is 26.6. The second-order valence-electron chi connectivity index (χ2n) is 3.81. The normalized spacial score (nSPS) is 16.6. The van der Waals surface area contributed by atoms with E-state index in [0.717, 1.165) is 32.4 Å². The van der Waals surface area contributed by atoms with Gasteiger partial charge >= 0.3 is 0 Å². The number of aromatic nitrogens is 1. The van der Waals surface area contributed by atoms with E-state index in [1.54, 1.807) is 0 Å². The van der Waals surface area contributed by atoms with Crippen LogP contribution < -0.4 is 10.2 Å². The van der Waals surface area contributed by atoms with Gasteiger partial charge in [-0.25, -0.2) is 13.8 Å². The number of nitrogens with zero attached hydrogens (tertiary/aromatic N) is 2. The second-order valence-corrected chi connectivity index (χ2v) is 3.81. The van der Waals surface area contributed by atoms with Gasteiger partial charge in [-0.2, -0.15) is 0 Å². The Morgan fingerprint density at radius 2 is 2.06 bits per heavy atom. The first-order valence-corrected chi connectivity index (χ1v) is 5.52. The van der Waals surface area contributed by atoms with Crippen molar-refractivity contribution >= 4 is 5.82 Å². The predicted octanol–water partition coefficient (Wildman–Crippen LogP) is 1.33. The Kier molecular flexibility index (Phi) is 3.33. The van der Waals surface area contributed by atoms with Gasteiger partial charge in [-0.05, 0) is 6.42 Å². The number of hydrogen-bond acceptors (Lipinski definition) is 3. The summed E-state index contributed by atoms with van der Waals surface area (Å²) in [6.45, 7) is 5.08. The molecule has 1 aliphatic rings. The molecule has 2 heterocycles. The molecule has 1 aromatic heterocycles. The van der Waals surface area contributed by atoms with E-state index in [0.29, 0.717) is 17.8 Å². The van der Waals surface area contributed by atoms with Crippen LogP contribution in [0.2, 0.25) is 0 Å². The molecule has 1 aliphatic heterocycles. The van der Waals surface area contributed by atoms with Crippen LogP contribution in [0.5, 0.6) is 0 Å². The van der Waals surface area contributed by atoms with Crippen molar-refractivity contribution in [3.8, 4) is 0 Å². The Balaban J connectivity index is 2.35. The van der Waals surface area contributed by atoms with Crippen molar-refractivity contribution in [2.24, 2.45) is 0 Å².